The first-order valence-corrected chi connectivity index (χ1v) is 7.61. The normalized spacial score (nSPS) is 11.0. The van der Waals surface area contributed by atoms with Crippen molar-refractivity contribution in [3.8, 4) is 0 Å². The van der Waals surface area contributed by atoms with Gasteiger partial charge in [-0.3, -0.25) is 4.79 Å². The van der Waals surface area contributed by atoms with Gasteiger partial charge in [-0.15, -0.1) is 0 Å². The third-order valence-electron chi connectivity index (χ3n) is 3.69. The SMILES string of the molecule is O=C(Nc1ccon1)c1cc2occc2n1Cc1ccc(Cl)cc1. The van der Waals surface area contributed by atoms with Crippen LogP contribution in [0.3, 0.4) is 0 Å². The summed E-state index contributed by atoms with van der Waals surface area (Å²) in [6, 6.07) is 12.6. The Morgan fingerprint density at radius 2 is 2.00 bits per heavy atom. The van der Waals surface area contributed by atoms with Crippen molar-refractivity contribution >= 4 is 34.4 Å². The molecule has 1 amide bonds. The van der Waals surface area contributed by atoms with Crippen molar-refractivity contribution in [1.29, 1.82) is 0 Å². The molecule has 0 bridgehead atoms. The van der Waals surface area contributed by atoms with Crippen LogP contribution in [-0.4, -0.2) is 15.6 Å². The molecule has 3 aromatic heterocycles. The summed E-state index contributed by atoms with van der Waals surface area (Å²) < 4.78 is 12.0. The number of anilines is 1. The van der Waals surface area contributed by atoms with Crippen molar-refractivity contribution in [2.45, 2.75) is 6.54 Å². The average molecular weight is 342 g/mol. The number of hydrogen-bond acceptors (Lipinski definition) is 4. The van der Waals surface area contributed by atoms with E-state index in [-0.39, 0.29) is 5.91 Å². The van der Waals surface area contributed by atoms with Gasteiger partial charge in [-0.05, 0) is 17.7 Å². The lowest BCUT2D eigenvalue weighted by Gasteiger charge is -2.10. The number of benzene rings is 1. The molecule has 24 heavy (non-hydrogen) atoms. The predicted molar refractivity (Wildman–Crippen MR) is 89.2 cm³/mol. The lowest BCUT2D eigenvalue weighted by atomic mass is 10.2. The second-order valence-corrected chi connectivity index (χ2v) is 5.69. The van der Waals surface area contributed by atoms with E-state index in [1.54, 1.807) is 18.4 Å². The molecule has 0 fully saturated rings. The number of carbonyl (C=O) groups excluding carboxylic acids is 1. The standard InChI is InChI=1S/C17H12ClN3O3/c18-12-3-1-11(2-4-12)10-21-13-5-7-23-15(13)9-14(21)17(22)19-16-6-8-24-20-16/h1-9H,10H2,(H,19,20,22). The fraction of sp³-hybridized carbons (Fsp3) is 0.0588. The fourth-order valence-electron chi connectivity index (χ4n) is 2.57. The van der Waals surface area contributed by atoms with Gasteiger partial charge in [0.15, 0.2) is 11.4 Å². The highest BCUT2D eigenvalue weighted by Gasteiger charge is 2.18. The van der Waals surface area contributed by atoms with Crippen LogP contribution in [0.25, 0.3) is 11.1 Å². The predicted octanol–water partition coefficient (Wildman–Crippen LogP) is 4.18. The molecule has 0 saturated heterocycles. The summed E-state index contributed by atoms with van der Waals surface area (Å²) in [5, 5.41) is 7.06. The molecule has 1 N–H and O–H groups in total. The smallest absolute Gasteiger partial charge is 0.273 e. The van der Waals surface area contributed by atoms with Gasteiger partial charge in [-0.2, -0.15) is 0 Å². The maximum atomic E-state index is 12.6. The van der Waals surface area contributed by atoms with Crippen molar-refractivity contribution in [1.82, 2.24) is 9.72 Å². The Morgan fingerprint density at radius 3 is 2.75 bits per heavy atom. The van der Waals surface area contributed by atoms with E-state index in [0.29, 0.717) is 28.7 Å². The number of fused-ring (bicyclic) bond motifs is 1. The lowest BCUT2D eigenvalue weighted by molar-refractivity contribution is 0.101. The summed E-state index contributed by atoms with van der Waals surface area (Å²) in [7, 11) is 0. The van der Waals surface area contributed by atoms with Crippen LogP contribution in [0.1, 0.15) is 16.1 Å². The largest absolute Gasteiger partial charge is 0.463 e. The van der Waals surface area contributed by atoms with Crippen LogP contribution in [0, 0.1) is 0 Å². The molecule has 7 heteroatoms. The summed E-state index contributed by atoms with van der Waals surface area (Å²) in [4.78, 5) is 12.6. The lowest BCUT2D eigenvalue weighted by Crippen LogP contribution is -2.17. The van der Waals surface area contributed by atoms with E-state index >= 15 is 0 Å². The molecular weight excluding hydrogens is 330 g/mol. The number of halogens is 1. The highest BCUT2D eigenvalue weighted by atomic mass is 35.5. The molecule has 6 nitrogen and oxygen atoms in total. The number of aromatic nitrogens is 2. The molecule has 0 aliphatic heterocycles. The van der Waals surface area contributed by atoms with E-state index in [4.69, 9.17) is 20.5 Å². The highest BCUT2D eigenvalue weighted by Crippen LogP contribution is 2.23. The number of nitrogens with one attached hydrogen (secondary N) is 1. The van der Waals surface area contributed by atoms with E-state index in [9.17, 15) is 4.79 Å². The topological polar surface area (TPSA) is 73.2 Å². The van der Waals surface area contributed by atoms with E-state index in [0.717, 1.165) is 11.1 Å². The Labute approximate surface area is 141 Å². The van der Waals surface area contributed by atoms with E-state index < -0.39 is 0 Å². The molecule has 120 valence electrons. The zero-order valence-corrected chi connectivity index (χ0v) is 13.2. The van der Waals surface area contributed by atoms with Crippen LogP contribution in [0.4, 0.5) is 5.82 Å². The minimum absolute atomic E-state index is 0.288. The molecule has 0 aliphatic carbocycles. The third kappa shape index (κ3) is 2.68. The van der Waals surface area contributed by atoms with Crippen LogP contribution < -0.4 is 5.32 Å². The summed E-state index contributed by atoms with van der Waals surface area (Å²) in [6.45, 7) is 0.516. The van der Waals surface area contributed by atoms with Crippen molar-refractivity contribution in [3.05, 3.63) is 71.3 Å². The minimum Gasteiger partial charge on any atom is -0.463 e. The first-order chi connectivity index (χ1) is 11.7. The van der Waals surface area contributed by atoms with Crippen LogP contribution in [0.15, 0.2) is 63.9 Å². The average Bonchev–Trinajstić information content (AvgIpc) is 3.28. The van der Waals surface area contributed by atoms with Crippen molar-refractivity contribution < 1.29 is 13.7 Å². The van der Waals surface area contributed by atoms with Gasteiger partial charge in [-0.25, -0.2) is 0 Å². The molecule has 0 atom stereocenters. The Bertz CT molecular complexity index is 984. The minimum atomic E-state index is -0.288. The van der Waals surface area contributed by atoms with Crippen LogP contribution in [0.2, 0.25) is 5.02 Å². The molecule has 4 aromatic rings. The van der Waals surface area contributed by atoms with Gasteiger partial charge < -0.3 is 18.8 Å². The Morgan fingerprint density at radius 1 is 1.17 bits per heavy atom. The number of carbonyl (C=O) groups is 1. The van der Waals surface area contributed by atoms with Crippen LogP contribution >= 0.6 is 11.6 Å². The molecule has 0 aliphatic rings. The summed E-state index contributed by atoms with van der Waals surface area (Å²) >= 11 is 5.93. The molecule has 0 saturated carbocycles. The van der Waals surface area contributed by atoms with Gasteiger partial charge in [-0.1, -0.05) is 28.9 Å². The van der Waals surface area contributed by atoms with Crippen LogP contribution in [0.5, 0.6) is 0 Å². The number of amides is 1. The third-order valence-corrected chi connectivity index (χ3v) is 3.94. The van der Waals surface area contributed by atoms with Crippen molar-refractivity contribution in [3.63, 3.8) is 0 Å². The van der Waals surface area contributed by atoms with Gasteiger partial charge >= 0.3 is 0 Å². The summed E-state index contributed by atoms with van der Waals surface area (Å²) in [6.07, 6.45) is 3.00. The zero-order chi connectivity index (χ0) is 16.5. The Hall–Kier alpha value is -2.99. The number of hydrogen-bond donors (Lipinski definition) is 1. The van der Waals surface area contributed by atoms with Crippen LogP contribution in [-0.2, 0) is 6.54 Å². The second kappa shape index (κ2) is 5.90. The molecular formula is C17H12ClN3O3. The first-order valence-electron chi connectivity index (χ1n) is 7.23. The zero-order valence-electron chi connectivity index (χ0n) is 12.4. The van der Waals surface area contributed by atoms with Gasteiger partial charge in [0.05, 0.1) is 11.8 Å². The van der Waals surface area contributed by atoms with Gasteiger partial charge in [0.25, 0.3) is 5.91 Å². The summed E-state index contributed by atoms with van der Waals surface area (Å²) in [5.41, 5.74) is 2.99. The van der Waals surface area contributed by atoms with Crippen molar-refractivity contribution in [2.75, 3.05) is 5.32 Å². The van der Waals surface area contributed by atoms with Crippen molar-refractivity contribution in [2.24, 2.45) is 0 Å². The monoisotopic (exact) mass is 341 g/mol. The maximum absolute atomic E-state index is 12.6. The Kier molecular flexibility index (Phi) is 3.59. The molecule has 0 spiro atoms. The highest BCUT2D eigenvalue weighted by molar-refractivity contribution is 6.30. The van der Waals surface area contributed by atoms with E-state index in [1.165, 1.54) is 6.26 Å². The molecule has 0 unspecified atom stereocenters. The molecule has 1 aromatic carbocycles. The van der Waals surface area contributed by atoms with Gasteiger partial charge in [0.2, 0.25) is 0 Å². The fourth-order valence-corrected chi connectivity index (χ4v) is 2.69. The Balaban J connectivity index is 1.71. The maximum Gasteiger partial charge on any atom is 0.273 e. The molecule has 4 rings (SSSR count). The quantitative estimate of drug-likeness (QED) is 0.604. The first kappa shape index (κ1) is 14.6. The molecule has 0 radical (unpaired) electrons. The van der Waals surface area contributed by atoms with E-state index in [2.05, 4.69) is 10.5 Å². The second-order valence-electron chi connectivity index (χ2n) is 5.25. The summed E-state index contributed by atoms with van der Waals surface area (Å²) in [5.74, 6) is 0.0696. The van der Waals surface area contributed by atoms with E-state index in [1.807, 2.05) is 34.9 Å². The molecule has 3 heterocycles. The van der Waals surface area contributed by atoms with Gasteiger partial charge in [0, 0.05) is 29.8 Å². The number of nitrogens with zero attached hydrogens (tertiary/aromatic N) is 2. The number of rotatable bonds is 4. The van der Waals surface area contributed by atoms with Gasteiger partial charge in [0.1, 0.15) is 12.0 Å². The number of furan rings is 1.